The molecule has 0 bridgehead atoms. The van der Waals surface area contributed by atoms with E-state index in [0.29, 0.717) is 6.61 Å². The fourth-order valence-corrected chi connectivity index (χ4v) is 2.60. The maximum absolute atomic E-state index is 6.01. The molecule has 0 radical (unpaired) electrons. The molecule has 4 nitrogen and oxygen atoms in total. The third-order valence-electron chi connectivity index (χ3n) is 3.58. The Morgan fingerprint density at radius 1 is 1.29 bits per heavy atom. The van der Waals surface area contributed by atoms with E-state index in [-0.39, 0.29) is 6.04 Å². The lowest BCUT2D eigenvalue weighted by atomic mass is 10.1. The molecule has 21 heavy (non-hydrogen) atoms. The third-order valence-corrected chi connectivity index (χ3v) is 4.61. The van der Waals surface area contributed by atoms with Crippen LogP contribution in [0.2, 0.25) is 0 Å². The smallest absolute Gasteiger partial charge is 0.131 e. The molecular formula is C16H22BrN3O. The van der Waals surface area contributed by atoms with Crippen LogP contribution < -0.4 is 10.5 Å². The average molecular weight is 352 g/mol. The lowest BCUT2D eigenvalue weighted by Crippen LogP contribution is -2.09. The van der Waals surface area contributed by atoms with Gasteiger partial charge in [0.2, 0.25) is 0 Å². The van der Waals surface area contributed by atoms with Crippen LogP contribution in [0.15, 0.2) is 28.7 Å². The van der Waals surface area contributed by atoms with Crippen molar-refractivity contribution in [2.75, 3.05) is 0 Å². The van der Waals surface area contributed by atoms with Crippen LogP contribution in [-0.4, -0.2) is 9.78 Å². The molecule has 2 rings (SSSR count). The largest absolute Gasteiger partial charge is 0.487 e. The molecular weight excluding hydrogens is 330 g/mol. The van der Waals surface area contributed by atoms with Crippen molar-refractivity contribution in [1.29, 1.82) is 0 Å². The molecule has 114 valence electrons. The van der Waals surface area contributed by atoms with Crippen LogP contribution in [0.4, 0.5) is 0 Å². The van der Waals surface area contributed by atoms with Crippen LogP contribution in [0.3, 0.4) is 0 Å². The summed E-state index contributed by atoms with van der Waals surface area (Å²) in [4.78, 5) is 0. The third kappa shape index (κ3) is 3.66. The number of nitrogens with zero attached hydrogens (tertiary/aromatic N) is 2. The van der Waals surface area contributed by atoms with Crippen LogP contribution >= 0.6 is 15.9 Å². The van der Waals surface area contributed by atoms with Crippen molar-refractivity contribution in [3.63, 3.8) is 0 Å². The van der Waals surface area contributed by atoms with Crippen LogP contribution in [0, 0.1) is 6.92 Å². The lowest BCUT2D eigenvalue weighted by molar-refractivity contribution is 0.291. The van der Waals surface area contributed by atoms with Crippen LogP contribution in [0.25, 0.3) is 0 Å². The van der Waals surface area contributed by atoms with E-state index in [1.54, 1.807) is 0 Å². The minimum Gasteiger partial charge on any atom is -0.487 e. The molecule has 1 aromatic heterocycles. The molecule has 0 unspecified atom stereocenters. The second-order valence-corrected chi connectivity index (χ2v) is 5.83. The monoisotopic (exact) mass is 351 g/mol. The fraction of sp³-hybridized carbons (Fsp3) is 0.438. The maximum Gasteiger partial charge on any atom is 0.131 e. The Balaban J connectivity index is 2.06. The number of rotatable bonds is 6. The van der Waals surface area contributed by atoms with E-state index in [4.69, 9.17) is 10.5 Å². The highest BCUT2D eigenvalue weighted by Crippen LogP contribution is 2.24. The Bertz CT molecular complexity index is 592. The van der Waals surface area contributed by atoms with Crippen molar-refractivity contribution < 1.29 is 4.74 Å². The molecule has 0 saturated carbocycles. The molecule has 1 heterocycles. The number of ether oxygens (including phenoxy) is 1. The second kappa shape index (κ2) is 7.09. The van der Waals surface area contributed by atoms with Gasteiger partial charge in [-0.05, 0) is 53.9 Å². The zero-order chi connectivity index (χ0) is 15.4. The summed E-state index contributed by atoms with van der Waals surface area (Å²) < 4.78 is 8.85. The van der Waals surface area contributed by atoms with Crippen LogP contribution in [-0.2, 0) is 13.2 Å². The summed E-state index contributed by atoms with van der Waals surface area (Å²) in [6.45, 7) is 7.47. The van der Waals surface area contributed by atoms with Gasteiger partial charge in [0.15, 0.2) is 0 Å². The summed E-state index contributed by atoms with van der Waals surface area (Å²) >= 11 is 3.58. The minimum atomic E-state index is 0.0948. The van der Waals surface area contributed by atoms with Gasteiger partial charge in [0.1, 0.15) is 12.4 Å². The van der Waals surface area contributed by atoms with Gasteiger partial charge in [-0.1, -0.05) is 19.1 Å². The van der Waals surface area contributed by atoms with E-state index < -0.39 is 0 Å². The summed E-state index contributed by atoms with van der Waals surface area (Å²) in [6, 6.07) is 8.09. The fourth-order valence-electron chi connectivity index (χ4n) is 2.21. The molecule has 0 aliphatic rings. The number of halogens is 1. The topological polar surface area (TPSA) is 53.1 Å². The molecule has 0 fully saturated rings. The number of hydrogen-bond acceptors (Lipinski definition) is 3. The van der Waals surface area contributed by atoms with Crippen molar-refractivity contribution in [3.8, 4) is 5.75 Å². The van der Waals surface area contributed by atoms with E-state index in [1.807, 2.05) is 35.9 Å². The Morgan fingerprint density at radius 2 is 1.95 bits per heavy atom. The molecule has 2 N–H and O–H groups in total. The van der Waals surface area contributed by atoms with E-state index in [0.717, 1.165) is 40.1 Å². The van der Waals surface area contributed by atoms with Gasteiger partial charge < -0.3 is 10.5 Å². The Labute approximate surface area is 134 Å². The standard InChI is InChI=1S/C16H22BrN3O/c1-4-14(18)12-6-8-13(9-7-12)21-10-15-16(17)11(3)19-20(15)5-2/h6-9,14H,4-5,10,18H2,1-3H3/t14-/m0/s1. The predicted octanol–water partition coefficient (Wildman–Crippen LogP) is 3.96. The van der Waals surface area contributed by atoms with Gasteiger partial charge in [-0.3, -0.25) is 4.68 Å². The molecule has 2 aromatic rings. The SMILES string of the molecule is CC[C@H](N)c1ccc(OCc2c(Br)c(C)nn2CC)cc1. The molecule has 0 amide bonds. The molecule has 0 aliphatic carbocycles. The number of hydrogen-bond donors (Lipinski definition) is 1. The van der Waals surface area contributed by atoms with Gasteiger partial charge >= 0.3 is 0 Å². The number of nitrogens with two attached hydrogens (primary N) is 1. The average Bonchev–Trinajstić information content (AvgIpc) is 2.79. The van der Waals surface area contributed by atoms with Crippen molar-refractivity contribution in [1.82, 2.24) is 9.78 Å². The van der Waals surface area contributed by atoms with Crippen molar-refractivity contribution >= 4 is 15.9 Å². The first-order valence-corrected chi connectivity index (χ1v) is 8.06. The highest BCUT2D eigenvalue weighted by molar-refractivity contribution is 9.10. The normalized spacial score (nSPS) is 12.4. The van der Waals surface area contributed by atoms with Crippen molar-refractivity contribution in [2.45, 2.75) is 46.4 Å². The van der Waals surface area contributed by atoms with E-state index in [1.165, 1.54) is 0 Å². The van der Waals surface area contributed by atoms with Crippen molar-refractivity contribution in [2.24, 2.45) is 5.73 Å². The van der Waals surface area contributed by atoms with E-state index in [9.17, 15) is 0 Å². The molecule has 0 saturated heterocycles. The molecule has 1 atom stereocenters. The highest BCUT2D eigenvalue weighted by atomic mass is 79.9. The summed E-state index contributed by atoms with van der Waals surface area (Å²) in [5.74, 6) is 0.843. The van der Waals surface area contributed by atoms with E-state index >= 15 is 0 Å². The zero-order valence-corrected chi connectivity index (χ0v) is 14.4. The summed E-state index contributed by atoms with van der Waals surface area (Å²) in [7, 11) is 0. The first-order valence-electron chi connectivity index (χ1n) is 7.26. The Hall–Kier alpha value is -1.33. The van der Waals surface area contributed by atoms with Gasteiger partial charge in [-0.25, -0.2) is 0 Å². The first kappa shape index (κ1) is 16.0. The van der Waals surface area contributed by atoms with Gasteiger partial charge in [0.25, 0.3) is 0 Å². The van der Waals surface area contributed by atoms with Gasteiger partial charge in [-0.2, -0.15) is 5.10 Å². The van der Waals surface area contributed by atoms with Crippen LogP contribution in [0.1, 0.15) is 43.3 Å². The predicted molar refractivity (Wildman–Crippen MR) is 88.3 cm³/mol. The minimum absolute atomic E-state index is 0.0948. The summed E-state index contributed by atoms with van der Waals surface area (Å²) in [5, 5.41) is 4.46. The molecule has 1 aromatic carbocycles. The highest BCUT2D eigenvalue weighted by Gasteiger charge is 2.12. The summed E-state index contributed by atoms with van der Waals surface area (Å²) in [6.07, 6.45) is 0.933. The first-order chi connectivity index (χ1) is 10.1. The Kier molecular flexibility index (Phi) is 5.42. The van der Waals surface area contributed by atoms with Gasteiger partial charge in [0, 0.05) is 12.6 Å². The van der Waals surface area contributed by atoms with Crippen LogP contribution in [0.5, 0.6) is 5.75 Å². The zero-order valence-electron chi connectivity index (χ0n) is 12.8. The lowest BCUT2D eigenvalue weighted by Gasteiger charge is -2.11. The second-order valence-electron chi connectivity index (χ2n) is 5.03. The number of aryl methyl sites for hydroxylation is 2. The number of benzene rings is 1. The van der Waals surface area contributed by atoms with E-state index in [2.05, 4.69) is 34.9 Å². The maximum atomic E-state index is 6.01. The Morgan fingerprint density at radius 3 is 2.52 bits per heavy atom. The molecule has 0 spiro atoms. The van der Waals surface area contributed by atoms with Gasteiger partial charge in [-0.15, -0.1) is 0 Å². The quantitative estimate of drug-likeness (QED) is 0.856. The van der Waals surface area contributed by atoms with Gasteiger partial charge in [0.05, 0.1) is 15.9 Å². The number of aromatic nitrogens is 2. The summed E-state index contributed by atoms with van der Waals surface area (Å²) in [5.41, 5.74) is 9.20. The van der Waals surface area contributed by atoms with Crippen molar-refractivity contribution in [3.05, 3.63) is 45.7 Å². The molecule has 0 aliphatic heterocycles. The molecule has 5 heteroatoms.